The molecule has 1 atom stereocenters. The molecule has 5 heteroatoms. The fourth-order valence-electron chi connectivity index (χ4n) is 3.33. The normalized spacial score (nSPS) is 15.9. The number of nitrogens with one attached hydrogen (secondary N) is 1. The number of likely N-dealkylation sites (tertiary alicyclic amines) is 1. The molecule has 0 aliphatic carbocycles. The van der Waals surface area contributed by atoms with Gasteiger partial charge in [0.25, 0.3) is 0 Å². The molecule has 5 nitrogen and oxygen atoms in total. The van der Waals surface area contributed by atoms with E-state index in [0.717, 1.165) is 30.0 Å². The fourth-order valence-corrected chi connectivity index (χ4v) is 3.33. The molecule has 1 N–H and O–H groups in total. The minimum atomic E-state index is -0.104. The Kier molecular flexibility index (Phi) is 6.39. The van der Waals surface area contributed by atoms with Crippen LogP contribution in [0.4, 0.5) is 0 Å². The predicted molar refractivity (Wildman–Crippen MR) is 103 cm³/mol. The molecule has 2 aromatic rings. The summed E-state index contributed by atoms with van der Waals surface area (Å²) in [5.74, 6) is 0.762. The third-order valence-electron chi connectivity index (χ3n) is 4.66. The minimum Gasteiger partial charge on any atom is -0.496 e. The number of pyridine rings is 1. The van der Waals surface area contributed by atoms with Crippen LogP contribution in [0.3, 0.4) is 0 Å². The van der Waals surface area contributed by atoms with E-state index in [4.69, 9.17) is 4.74 Å². The second-order valence-electron chi connectivity index (χ2n) is 6.37. The summed E-state index contributed by atoms with van der Waals surface area (Å²) in [6, 6.07) is 11.9. The van der Waals surface area contributed by atoms with Gasteiger partial charge >= 0.3 is 0 Å². The van der Waals surface area contributed by atoms with E-state index in [1.165, 1.54) is 12.8 Å². The second-order valence-corrected chi connectivity index (χ2v) is 6.37. The smallest absolute Gasteiger partial charge is 0.244 e. The Hall–Kier alpha value is -2.66. The topological polar surface area (TPSA) is 54.5 Å². The van der Waals surface area contributed by atoms with Crippen molar-refractivity contribution >= 4 is 12.0 Å². The lowest BCUT2D eigenvalue weighted by atomic mass is 10.0. The maximum Gasteiger partial charge on any atom is 0.244 e. The monoisotopic (exact) mass is 351 g/mol. The van der Waals surface area contributed by atoms with Gasteiger partial charge in [-0.25, -0.2) is 0 Å². The van der Waals surface area contributed by atoms with Crippen LogP contribution in [-0.4, -0.2) is 42.5 Å². The van der Waals surface area contributed by atoms with E-state index in [9.17, 15) is 4.79 Å². The molecule has 2 heterocycles. The van der Waals surface area contributed by atoms with Crippen molar-refractivity contribution in [2.75, 3.05) is 26.7 Å². The zero-order valence-corrected chi connectivity index (χ0v) is 15.1. The van der Waals surface area contributed by atoms with E-state index >= 15 is 0 Å². The highest BCUT2D eigenvalue weighted by molar-refractivity contribution is 5.91. The van der Waals surface area contributed by atoms with E-state index < -0.39 is 0 Å². The molecule has 1 amide bonds. The lowest BCUT2D eigenvalue weighted by Gasteiger charge is -2.29. The number of para-hydroxylation sites is 1. The van der Waals surface area contributed by atoms with Crippen molar-refractivity contribution in [3.8, 4) is 5.75 Å². The maximum absolute atomic E-state index is 12.3. The van der Waals surface area contributed by atoms with E-state index in [0.29, 0.717) is 6.54 Å². The molecule has 3 rings (SSSR count). The Morgan fingerprint density at radius 1 is 1.27 bits per heavy atom. The van der Waals surface area contributed by atoms with Crippen LogP contribution in [0.2, 0.25) is 0 Å². The quantitative estimate of drug-likeness (QED) is 0.779. The molecule has 1 unspecified atom stereocenters. The number of ether oxygens (including phenoxy) is 1. The number of carbonyl (C=O) groups is 1. The standard InChI is InChI=1S/C21H25N3O2/c1-26-20-9-3-2-8-18(20)19(24-13-4-5-14-24)16-23-21(25)11-10-17-7-6-12-22-15-17/h2-3,6-12,15,19H,4-5,13-14,16H2,1H3,(H,23,25)/b11-10+. The molecule has 0 spiro atoms. The number of benzene rings is 1. The summed E-state index contributed by atoms with van der Waals surface area (Å²) in [5, 5.41) is 3.04. The number of rotatable bonds is 7. The van der Waals surface area contributed by atoms with Gasteiger partial charge in [-0.05, 0) is 49.7 Å². The van der Waals surface area contributed by atoms with Gasteiger partial charge in [0.15, 0.2) is 0 Å². The van der Waals surface area contributed by atoms with Crippen molar-refractivity contribution in [2.24, 2.45) is 0 Å². The third kappa shape index (κ3) is 4.70. The number of hydrogen-bond donors (Lipinski definition) is 1. The molecule has 26 heavy (non-hydrogen) atoms. The number of hydrogen-bond acceptors (Lipinski definition) is 4. The Morgan fingerprint density at radius 3 is 2.81 bits per heavy atom. The van der Waals surface area contributed by atoms with E-state index in [1.807, 2.05) is 30.3 Å². The van der Waals surface area contributed by atoms with Gasteiger partial charge in [0, 0.05) is 30.6 Å². The zero-order valence-electron chi connectivity index (χ0n) is 15.1. The molecule has 1 fully saturated rings. The second kappa shape index (κ2) is 9.15. The summed E-state index contributed by atoms with van der Waals surface area (Å²) >= 11 is 0. The molecule has 1 aromatic carbocycles. The average molecular weight is 351 g/mol. The zero-order chi connectivity index (χ0) is 18.2. The summed E-state index contributed by atoms with van der Waals surface area (Å²) in [4.78, 5) is 18.7. The van der Waals surface area contributed by atoms with Crippen molar-refractivity contribution < 1.29 is 9.53 Å². The molecule has 1 aliphatic rings. The molecule has 0 bridgehead atoms. The number of aromatic nitrogens is 1. The molecular formula is C21H25N3O2. The van der Waals surface area contributed by atoms with Crippen LogP contribution >= 0.6 is 0 Å². The van der Waals surface area contributed by atoms with Gasteiger partial charge in [-0.3, -0.25) is 14.7 Å². The first-order valence-electron chi connectivity index (χ1n) is 9.01. The molecule has 0 radical (unpaired) electrons. The highest BCUT2D eigenvalue weighted by atomic mass is 16.5. The minimum absolute atomic E-state index is 0.104. The van der Waals surface area contributed by atoms with Crippen molar-refractivity contribution in [3.05, 3.63) is 66.0 Å². The molecule has 136 valence electrons. The molecule has 0 saturated carbocycles. The maximum atomic E-state index is 12.3. The van der Waals surface area contributed by atoms with Gasteiger partial charge in [-0.2, -0.15) is 0 Å². The summed E-state index contributed by atoms with van der Waals surface area (Å²) in [5.41, 5.74) is 2.02. The van der Waals surface area contributed by atoms with E-state index in [-0.39, 0.29) is 11.9 Å². The molecule has 1 aliphatic heterocycles. The van der Waals surface area contributed by atoms with Crippen LogP contribution in [0.1, 0.15) is 30.0 Å². The third-order valence-corrected chi connectivity index (χ3v) is 4.66. The highest BCUT2D eigenvalue weighted by Crippen LogP contribution is 2.31. The highest BCUT2D eigenvalue weighted by Gasteiger charge is 2.25. The molecular weight excluding hydrogens is 326 g/mol. The number of amides is 1. The van der Waals surface area contributed by atoms with Crippen LogP contribution in [0.5, 0.6) is 5.75 Å². The molecule has 1 aromatic heterocycles. The first-order valence-corrected chi connectivity index (χ1v) is 9.01. The van der Waals surface area contributed by atoms with Gasteiger partial charge in [0.2, 0.25) is 5.91 Å². The van der Waals surface area contributed by atoms with Crippen molar-refractivity contribution in [3.63, 3.8) is 0 Å². The Bertz CT molecular complexity index is 740. The predicted octanol–water partition coefficient (Wildman–Crippen LogP) is 3.06. The Morgan fingerprint density at radius 2 is 2.08 bits per heavy atom. The van der Waals surface area contributed by atoms with Crippen molar-refractivity contribution in [1.82, 2.24) is 15.2 Å². The summed E-state index contributed by atoms with van der Waals surface area (Å²) < 4.78 is 5.54. The SMILES string of the molecule is COc1ccccc1C(CNC(=O)/C=C/c1cccnc1)N1CCCC1. The number of methoxy groups -OCH3 is 1. The van der Waals surface area contributed by atoms with Gasteiger partial charge in [0.05, 0.1) is 13.2 Å². The summed E-state index contributed by atoms with van der Waals surface area (Å²) in [6.45, 7) is 2.64. The van der Waals surface area contributed by atoms with Crippen molar-refractivity contribution in [1.29, 1.82) is 0 Å². The number of nitrogens with zero attached hydrogens (tertiary/aromatic N) is 2. The average Bonchev–Trinajstić information content (AvgIpc) is 3.22. The van der Waals surface area contributed by atoms with Crippen LogP contribution in [0.15, 0.2) is 54.9 Å². The van der Waals surface area contributed by atoms with Gasteiger partial charge in [0.1, 0.15) is 5.75 Å². The molecule has 1 saturated heterocycles. The van der Waals surface area contributed by atoms with Crippen LogP contribution in [0, 0.1) is 0 Å². The fraction of sp³-hybridized carbons (Fsp3) is 0.333. The van der Waals surface area contributed by atoms with Crippen molar-refractivity contribution in [2.45, 2.75) is 18.9 Å². The van der Waals surface area contributed by atoms with E-state index in [1.54, 1.807) is 31.7 Å². The number of carbonyl (C=O) groups excluding carboxylic acids is 1. The first-order chi connectivity index (χ1) is 12.8. The van der Waals surface area contributed by atoms with Crippen LogP contribution in [0.25, 0.3) is 6.08 Å². The Balaban J connectivity index is 1.68. The van der Waals surface area contributed by atoms with Crippen LogP contribution < -0.4 is 10.1 Å². The lowest BCUT2D eigenvalue weighted by molar-refractivity contribution is -0.116. The van der Waals surface area contributed by atoms with Crippen LogP contribution in [-0.2, 0) is 4.79 Å². The summed E-state index contributed by atoms with van der Waals surface area (Å²) in [7, 11) is 1.69. The first kappa shape index (κ1) is 18.1. The van der Waals surface area contributed by atoms with Gasteiger partial charge in [-0.15, -0.1) is 0 Å². The van der Waals surface area contributed by atoms with Gasteiger partial charge in [-0.1, -0.05) is 24.3 Å². The Labute approximate surface area is 154 Å². The largest absolute Gasteiger partial charge is 0.496 e. The van der Waals surface area contributed by atoms with Gasteiger partial charge < -0.3 is 10.1 Å². The summed E-state index contributed by atoms with van der Waals surface area (Å²) in [6.07, 6.45) is 9.16. The van der Waals surface area contributed by atoms with E-state index in [2.05, 4.69) is 21.3 Å². The lowest BCUT2D eigenvalue weighted by Crippen LogP contribution is -2.36.